The summed E-state index contributed by atoms with van der Waals surface area (Å²) in [6, 6.07) is 14.4. The minimum atomic E-state index is -0.977. The van der Waals surface area contributed by atoms with E-state index in [1.54, 1.807) is 18.2 Å². The Kier molecular flexibility index (Phi) is 14.0. The fourth-order valence-electron chi connectivity index (χ4n) is 9.43. The molecule has 6 heterocycles. The van der Waals surface area contributed by atoms with Crippen LogP contribution in [0.15, 0.2) is 54.9 Å². The van der Waals surface area contributed by atoms with Crippen LogP contribution in [0.25, 0.3) is 0 Å². The van der Waals surface area contributed by atoms with Crippen molar-refractivity contribution in [1.29, 1.82) is 0 Å². The fourth-order valence-corrected chi connectivity index (χ4v) is 9.43. The summed E-state index contributed by atoms with van der Waals surface area (Å²) in [7, 11) is 0. The van der Waals surface area contributed by atoms with E-state index in [-0.39, 0.29) is 48.5 Å². The maximum atomic E-state index is 13.3. The number of β-amino-alcohol motifs (C(OH)–C–C–N with tert-alkyl or cyclic N) is 1. The number of aromatic nitrogens is 2. The van der Waals surface area contributed by atoms with Crippen LogP contribution >= 0.6 is 0 Å². The Morgan fingerprint density at radius 2 is 1.56 bits per heavy atom. The molecule has 3 fully saturated rings. The maximum Gasteiger partial charge on any atom is 0.270 e. The van der Waals surface area contributed by atoms with Gasteiger partial charge in [-0.15, -0.1) is 0 Å². The zero-order valence-corrected chi connectivity index (χ0v) is 35.8. The summed E-state index contributed by atoms with van der Waals surface area (Å²) in [4.78, 5) is 94.6. The number of fused-ring (bicyclic) bond motifs is 2. The Morgan fingerprint density at radius 3 is 2.35 bits per heavy atom. The van der Waals surface area contributed by atoms with Crippen LogP contribution in [-0.2, 0) is 27.3 Å². The van der Waals surface area contributed by atoms with Crippen molar-refractivity contribution in [2.24, 2.45) is 0 Å². The second kappa shape index (κ2) is 20.2. The van der Waals surface area contributed by atoms with Crippen molar-refractivity contribution in [3.63, 3.8) is 0 Å². The first-order valence-corrected chi connectivity index (χ1v) is 22.5. The minimum Gasteiger partial charge on any atom is -0.390 e. The minimum absolute atomic E-state index is 0.0871. The molecule has 0 bridgehead atoms. The molecule has 17 nitrogen and oxygen atoms in total. The lowest BCUT2D eigenvalue weighted by Gasteiger charge is -2.36. The lowest BCUT2D eigenvalue weighted by molar-refractivity contribution is -0.136. The van der Waals surface area contributed by atoms with Crippen LogP contribution in [0.3, 0.4) is 0 Å². The van der Waals surface area contributed by atoms with Gasteiger partial charge in [0.15, 0.2) is 0 Å². The molecule has 8 rings (SSSR count). The number of nitrogens with one attached hydrogen (secondary N) is 3. The molecule has 1 aromatic heterocycles. The number of benzene rings is 2. The number of piperidine rings is 2. The highest BCUT2D eigenvalue weighted by atomic mass is 16.3. The van der Waals surface area contributed by atoms with E-state index in [1.165, 1.54) is 17.5 Å². The Balaban J connectivity index is 0.675. The second-order valence-electron chi connectivity index (χ2n) is 17.4. The van der Waals surface area contributed by atoms with Gasteiger partial charge in [-0.05, 0) is 74.4 Å². The zero-order valence-electron chi connectivity index (χ0n) is 35.8. The molecule has 5 aliphatic heterocycles. The molecular formula is C46H58N10O7. The molecule has 1 unspecified atom stereocenters. The first kappa shape index (κ1) is 43.9. The predicted molar refractivity (Wildman–Crippen MR) is 234 cm³/mol. The van der Waals surface area contributed by atoms with Gasteiger partial charge in [0.2, 0.25) is 17.7 Å². The molecule has 63 heavy (non-hydrogen) atoms. The standard InChI is InChI=1S/C46H58N10O7/c57-35(29-53-18-14-31-7-4-5-8-32(31)28-53)27-47-43(60)38-26-40(49-30-48-38)50-33-15-19-55(20-16-33)42(59)9-3-1-2-6-17-52-21-23-54(24-22-52)34-10-11-36-37(25-34)46(63)56(45(36)62)39-12-13-41(58)51-44(39)61/h4-5,7-8,10-11,25-26,30,33,35,39,57H,1-3,6,9,12-24,27-29H2,(H,47,60)(H,48,49,50)(H,51,58,61)/t35-,39?/m0/s1. The molecular weight excluding hydrogens is 805 g/mol. The number of carbonyl (C=O) groups is 6. The van der Waals surface area contributed by atoms with Gasteiger partial charge < -0.3 is 25.5 Å². The third-order valence-corrected chi connectivity index (χ3v) is 13.1. The summed E-state index contributed by atoms with van der Waals surface area (Å²) in [5, 5.41) is 19.1. The number of piperazine rings is 1. The number of hydrogen-bond acceptors (Lipinski definition) is 13. The molecule has 0 aliphatic carbocycles. The van der Waals surface area contributed by atoms with Crippen LogP contribution in [0.1, 0.15) is 100 Å². The number of nitrogens with zero attached hydrogens (tertiary/aromatic N) is 7. The summed E-state index contributed by atoms with van der Waals surface area (Å²) in [6.07, 6.45) is 7.91. The third kappa shape index (κ3) is 10.7. The number of unbranched alkanes of at least 4 members (excludes halogenated alkanes) is 3. The largest absolute Gasteiger partial charge is 0.390 e. The van der Waals surface area contributed by atoms with E-state index in [0.29, 0.717) is 37.4 Å². The smallest absolute Gasteiger partial charge is 0.270 e. The van der Waals surface area contributed by atoms with Crippen LogP contribution in [0.4, 0.5) is 11.5 Å². The van der Waals surface area contributed by atoms with Gasteiger partial charge in [0.1, 0.15) is 23.9 Å². The van der Waals surface area contributed by atoms with E-state index in [1.807, 2.05) is 17.0 Å². The molecule has 3 aromatic rings. The van der Waals surface area contributed by atoms with E-state index in [0.717, 1.165) is 101 Å². The molecule has 2 aromatic carbocycles. The summed E-state index contributed by atoms with van der Waals surface area (Å²) >= 11 is 0. The Morgan fingerprint density at radius 1 is 0.794 bits per heavy atom. The summed E-state index contributed by atoms with van der Waals surface area (Å²) in [5.41, 5.74) is 4.32. The monoisotopic (exact) mass is 862 g/mol. The van der Waals surface area contributed by atoms with Crippen LogP contribution in [0.5, 0.6) is 0 Å². The summed E-state index contributed by atoms with van der Waals surface area (Å²) in [5.74, 6) is -1.61. The molecule has 6 amide bonds. The van der Waals surface area contributed by atoms with Crippen molar-refractivity contribution in [3.05, 3.63) is 82.8 Å². The van der Waals surface area contributed by atoms with Crippen molar-refractivity contribution in [1.82, 2.24) is 40.2 Å². The van der Waals surface area contributed by atoms with Gasteiger partial charge in [-0.3, -0.25) is 48.8 Å². The van der Waals surface area contributed by atoms with E-state index in [2.05, 4.69) is 58.8 Å². The van der Waals surface area contributed by atoms with Gasteiger partial charge in [-0.1, -0.05) is 37.1 Å². The number of likely N-dealkylation sites (tertiary alicyclic amines) is 1. The third-order valence-electron chi connectivity index (χ3n) is 13.1. The first-order valence-electron chi connectivity index (χ1n) is 22.5. The molecule has 4 N–H and O–H groups in total. The topological polar surface area (TPSA) is 201 Å². The average molecular weight is 863 g/mol. The average Bonchev–Trinajstić information content (AvgIpc) is 3.54. The molecule has 334 valence electrons. The summed E-state index contributed by atoms with van der Waals surface area (Å²) in [6.45, 7) is 7.92. The number of rotatable bonds is 16. The Labute approximate surface area is 367 Å². The van der Waals surface area contributed by atoms with Crippen molar-refractivity contribution >= 4 is 46.9 Å². The molecule has 0 saturated carbocycles. The highest BCUT2D eigenvalue weighted by molar-refractivity contribution is 6.23. The number of amides is 6. The Bertz CT molecular complexity index is 2190. The van der Waals surface area contributed by atoms with Gasteiger partial charge in [-0.25, -0.2) is 9.97 Å². The number of aliphatic hydroxyl groups is 1. The van der Waals surface area contributed by atoms with Crippen LogP contribution in [0.2, 0.25) is 0 Å². The van der Waals surface area contributed by atoms with Crippen molar-refractivity contribution in [2.45, 2.75) is 88.9 Å². The highest BCUT2D eigenvalue weighted by Gasteiger charge is 2.45. The SMILES string of the molecule is O=C1CCC(N2C(=O)c3ccc(N4CCN(CCCCCCC(=O)N5CCC(Nc6cc(C(=O)NC[C@H](O)CN7CCc8ccccc8C7)ncn6)CC5)CC4)cc3C2=O)C(=O)N1. The van der Waals surface area contributed by atoms with E-state index in [4.69, 9.17) is 0 Å². The van der Waals surface area contributed by atoms with Gasteiger partial charge in [0.25, 0.3) is 17.7 Å². The molecule has 17 heteroatoms. The van der Waals surface area contributed by atoms with Gasteiger partial charge in [0, 0.05) is 96.1 Å². The number of hydrogen-bond donors (Lipinski definition) is 4. The van der Waals surface area contributed by atoms with Crippen molar-refractivity contribution < 1.29 is 33.9 Å². The lowest BCUT2D eigenvalue weighted by atomic mass is 10.00. The van der Waals surface area contributed by atoms with Gasteiger partial charge >= 0.3 is 0 Å². The van der Waals surface area contributed by atoms with Gasteiger partial charge in [0.05, 0.1) is 17.2 Å². The lowest BCUT2D eigenvalue weighted by Crippen LogP contribution is -2.54. The van der Waals surface area contributed by atoms with Crippen molar-refractivity contribution in [3.8, 4) is 0 Å². The highest BCUT2D eigenvalue weighted by Crippen LogP contribution is 2.31. The molecule has 2 atom stereocenters. The van der Waals surface area contributed by atoms with Crippen LogP contribution < -0.4 is 20.9 Å². The number of aliphatic hydroxyl groups excluding tert-OH is 1. The number of imide groups is 2. The molecule has 5 aliphatic rings. The van der Waals surface area contributed by atoms with Crippen LogP contribution in [-0.4, -0.2) is 154 Å². The van der Waals surface area contributed by atoms with E-state index >= 15 is 0 Å². The second-order valence-corrected chi connectivity index (χ2v) is 17.4. The predicted octanol–water partition coefficient (Wildman–Crippen LogP) is 2.20. The van der Waals surface area contributed by atoms with Crippen LogP contribution in [0, 0.1) is 0 Å². The summed E-state index contributed by atoms with van der Waals surface area (Å²) < 4.78 is 0. The molecule has 0 spiro atoms. The normalized spacial score (nSPS) is 20.3. The molecule has 0 radical (unpaired) electrons. The van der Waals surface area contributed by atoms with Crippen molar-refractivity contribution in [2.75, 3.05) is 75.7 Å². The number of carbonyl (C=O) groups excluding carboxylic acids is 6. The quantitative estimate of drug-likeness (QED) is 0.121. The van der Waals surface area contributed by atoms with E-state index in [9.17, 15) is 33.9 Å². The van der Waals surface area contributed by atoms with Gasteiger partial charge in [-0.2, -0.15) is 0 Å². The first-order chi connectivity index (χ1) is 30.6. The Hall–Kier alpha value is -5.78. The number of anilines is 2. The molecule has 3 saturated heterocycles. The maximum absolute atomic E-state index is 13.3. The van der Waals surface area contributed by atoms with E-state index < -0.39 is 35.8 Å². The zero-order chi connectivity index (χ0) is 43.9. The fraction of sp³-hybridized carbons (Fsp3) is 0.522.